The van der Waals surface area contributed by atoms with Gasteiger partial charge in [-0.15, -0.1) is 0 Å². The third-order valence-corrected chi connectivity index (χ3v) is 0.653. The van der Waals surface area contributed by atoms with E-state index in [0.29, 0.717) is 6.61 Å². The molecule has 0 fully saturated rings. The van der Waals surface area contributed by atoms with Gasteiger partial charge in [-0.1, -0.05) is 0 Å². The highest BCUT2D eigenvalue weighted by molar-refractivity contribution is 5.75. The Bertz CT molecular complexity index is 84.3. The lowest BCUT2D eigenvalue weighted by molar-refractivity contribution is -0.135. The molecule has 0 saturated carbocycles. The predicted molar refractivity (Wildman–Crippen MR) is 31.6 cm³/mol. The molecule has 0 aliphatic carbocycles. The molecule has 0 aliphatic rings. The molecule has 0 aromatic heterocycles. The van der Waals surface area contributed by atoms with E-state index in [4.69, 9.17) is 4.74 Å². The van der Waals surface area contributed by atoms with Crippen LogP contribution in [-0.2, 0) is 14.4 Å². The van der Waals surface area contributed by atoms with Crippen LogP contribution in [0, 0.1) is 0 Å². The van der Waals surface area contributed by atoms with Crippen molar-refractivity contribution in [1.82, 2.24) is 5.48 Å². The van der Waals surface area contributed by atoms with Gasteiger partial charge in [0.2, 0.25) is 0 Å². The lowest BCUT2D eigenvalue weighted by atomic mass is 10.7. The molecular weight excluding hydrogens is 122 g/mol. The predicted octanol–water partition coefficient (Wildman–Crippen LogP) is -0.300. The van der Waals surface area contributed by atoms with Crippen LogP contribution in [0.4, 0.5) is 0 Å². The summed E-state index contributed by atoms with van der Waals surface area (Å²) < 4.78 is 4.76. The number of nitrogens with one attached hydrogen (secondary N) is 1. The second-order valence-electron chi connectivity index (χ2n) is 1.37. The van der Waals surface area contributed by atoms with Crippen LogP contribution in [0.2, 0.25) is 0 Å². The second kappa shape index (κ2) is 5.53. The van der Waals surface area contributed by atoms with Gasteiger partial charge in [-0.3, -0.25) is 9.63 Å². The van der Waals surface area contributed by atoms with Crippen LogP contribution in [0.1, 0.15) is 6.92 Å². The smallest absolute Gasteiger partial charge is 0.269 e. The van der Waals surface area contributed by atoms with E-state index in [-0.39, 0.29) is 12.5 Å². The summed E-state index contributed by atoms with van der Waals surface area (Å²) in [5.74, 6) is -0.264. The van der Waals surface area contributed by atoms with Crippen molar-refractivity contribution in [1.29, 1.82) is 0 Å². The summed E-state index contributed by atoms with van der Waals surface area (Å²) >= 11 is 0. The molecule has 0 spiro atoms. The quantitative estimate of drug-likeness (QED) is 0.535. The first-order chi connectivity index (χ1) is 4.31. The number of rotatable bonds is 4. The summed E-state index contributed by atoms with van der Waals surface area (Å²) in [7, 11) is 1.38. The van der Waals surface area contributed by atoms with Gasteiger partial charge in [0, 0.05) is 6.61 Å². The largest absolute Gasteiger partial charge is 0.372 e. The highest BCUT2D eigenvalue weighted by Crippen LogP contribution is 1.71. The van der Waals surface area contributed by atoms with Crippen LogP contribution in [-0.4, -0.2) is 26.2 Å². The molecule has 4 nitrogen and oxygen atoms in total. The van der Waals surface area contributed by atoms with Gasteiger partial charge < -0.3 is 4.74 Å². The minimum atomic E-state index is -0.264. The Hall–Kier alpha value is -0.610. The Morgan fingerprint density at radius 1 is 1.67 bits per heavy atom. The molecular formula is C5H11NO3. The number of carbonyl (C=O) groups is 1. The van der Waals surface area contributed by atoms with Gasteiger partial charge in [-0.25, -0.2) is 5.48 Å². The lowest BCUT2D eigenvalue weighted by Crippen LogP contribution is -2.26. The molecule has 1 amide bonds. The fraction of sp³-hybridized carbons (Fsp3) is 0.800. The average molecular weight is 133 g/mol. The van der Waals surface area contributed by atoms with Gasteiger partial charge in [-0.2, -0.15) is 0 Å². The highest BCUT2D eigenvalue weighted by atomic mass is 16.6. The molecule has 1 N–H and O–H groups in total. The summed E-state index contributed by atoms with van der Waals surface area (Å²) in [5, 5.41) is 0. The van der Waals surface area contributed by atoms with Crippen LogP contribution in [0.3, 0.4) is 0 Å². The summed E-state index contributed by atoms with van der Waals surface area (Å²) in [6, 6.07) is 0. The van der Waals surface area contributed by atoms with E-state index in [1.54, 1.807) is 0 Å². The molecule has 9 heavy (non-hydrogen) atoms. The SMILES string of the molecule is CCOCC(=O)NOC. The normalized spacial score (nSPS) is 9.11. The first-order valence-corrected chi connectivity index (χ1v) is 2.70. The van der Waals surface area contributed by atoms with Crippen molar-refractivity contribution in [2.45, 2.75) is 6.92 Å². The number of ether oxygens (including phenoxy) is 1. The highest BCUT2D eigenvalue weighted by Gasteiger charge is 1.96. The van der Waals surface area contributed by atoms with Crippen LogP contribution < -0.4 is 5.48 Å². The van der Waals surface area contributed by atoms with Crippen LogP contribution in [0.5, 0.6) is 0 Å². The molecule has 0 unspecified atom stereocenters. The second-order valence-corrected chi connectivity index (χ2v) is 1.37. The molecule has 0 saturated heterocycles. The van der Waals surface area contributed by atoms with Crippen LogP contribution in [0.15, 0.2) is 0 Å². The maximum absolute atomic E-state index is 10.4. The first kappa shape index (κ1) is 8.39. The fourth-order valence-corrected chi connectivity index (χ4v) is 0.338. The minimum absolute atomic E-state index is 0.0599. The van der Waals surface area contributed by atoms with E-state index >= 15 is 0 Å². The summed E-state index contributed by atoms with van der Waals surface area (Å²) in [5.41, 5.74) is 2.12. The van der Waals surface area contributed by atoms with Crippen molar-refractivity contribution in [3.8, 4) is 0 Å². The molecule has 0 radical (unpaired) electrons. The monoisotopic (exact) mass is 133 g/mol. The molecule has 4 heteroatoms. The molecule has 0 heterocycles. The van der Waals surface area contributed by atoms with Crippen molar-refractivity contribution >= 4 is 5.91 Å². The average Bonchev–Trinajstić information content (AvgIpc) is 1.85. The Morgan fingerprint density at radius 3 is 2.78 bits per heavy atom. The molecule has 0 aromatic carbocycles. The zero-order valence-electron chi connectivity index (χ0n) is 5.64. The zero-order valence-corrected chi connectivity index (χ0v) is 5.64. The fourth-order valence-electron chi connectivity index (χ4n) is 0.338. The number of hydrogen-bond acceptors (Lipinski definition) is 3. The Kier molecular flexibility index (Phi) is 5.15. The topological polar surface area (TPSA) is 47.6 Å². The molecule has 0 rings (SSSR count). The summed E-state index contributed by atoms with van der Waals surface area (Å²) in [6.45, 7) is 2.42. The van der Waals surface area contributed by atoms with Crippen molar-refractivity contribution in [2.75, 3.05) is 20.3 Å². The molecule has 0 atom stereocenters. The Morgan fingerprint density at radius 2 is 2.33 bits per heavy atom. The number of hydroxylamine groups is 1. The van der Waals surface area contributed by atoms with E-state index in [1.807, 2.05) is 6.92 Å². The van der Waals surface area contributed by atoms with E-state index in [1.165, 1.54) is 7.11 Å². The summed E-state index contributed by atoms with van der Waals surface area (Å²) in [4.78, 5) is 14.8. The Balaban J connectivity index is 3.06. The van der Waals surface area contributed by atoms with Gasteiger partial charge in [0.05, 0.1) is 7.11 Å². The molecule has 0 bridgehead atoms. The van der Waals surface area contributed by atoms with Gasteiger partial charge in [0.15, 0.2) is 0 Å². The van der Waals surface area contributed by atoms with Crippen molar-refractivity contribution in [2.24, 2.45) is 0 Å². The van der Waals surface area contributed by atoms with Gasteiger partial charge in [0.25, 0.3) is 5.91 Å². The van der Waals surface area contributed by atoms with E-state index < -0.39 is 0 Å². The lowest BCUT2D eigenvalue weighted by Gasteiger charge is -1.99. The van der Waals surface area contributed by atoms with E-state index in [0.717, 1.165) is 0 Å². The number of carbonyl (C=O) groups excluding carboxylic acids is 1. The first-order valence-electron chi connectivity index (χ1n) is 2.70. The summed E-state index contributed by atoms with van der Waals surface area (Å²) in [6.07, 6.45) is 0. The number of amides is 1. The maximum Gasteiger partial charge on any atom is 0.269 e. The minimum Gasteiger partial charge on any atom is -0.372 e. The van der Waals surface area contributed by atoms with Gasteiger partial charge >= 0.3 is 0 Å². The Labute approximate surface area is 54.1 Å². The van der Waals surface area contributed by atoms with E-state index in [2.05, 4.69) is 10.3 Å². The standard InChI is InChI=1S/C5H11NO3/c1-3-9-4-5(7)6-8-2/h3-4H2,1-2H3,(H,6,7). The van der Waals surface area contributed by atoms with Gasteiger partial charge in [-0.05, 0) is 6.92 Å². The molecule has 0 aromatic rings. The van der Waals surface area contributed by atoms with E-state index in [9.17, 15) is 4.79 Å². The third kappa shape index (κ3) is 5.26. The molecule has 0 aliphatic heterocycles. The van der Waals surface area contributed by atoms with Gasteiger partial charge in [0.1, 0.15) is 6.61 Å². The van der Waals surface area contributed by atoms with Crippen molar-refractivity contribution in [3.05, 3.63) is 0 Å². The third-order valence-electron chi connectivity index (χ3n) is 0.653. The molecule has 54 valence electrons. The number of hydrogen-bond donors (Lipinski definition) is 1. The van der Waals surface area contributed by atoms with Crippen molar-refractivity contribution < 1.29 is 14.4 Å². The maximum atomic E-state index is 10.4. The zero-order chi connectivity index (χ0) is 7.11. The van der Waals surface area contributed by atoms with Crippen molar-refractivity contribution in [3.63, 3.8) is 0 Å². The van der Waals surface area contributed by atoms with Crippen LogP contribution >= 0.6 is 0 Å². The van der Waals surface area contributed by atoms with Crippen LogP contribution in [0.25, 0.3) is 0 Å².